The number of nitro groups is 1. The van der Waals surface area contributed by atoms with Crippen LogP contribution in [0.2, 0.25) is 0 Å². The molecule has 2 rings (SSSR count). The third-order valence-electron chi connectivity index (χ3n) is 2.41. The zero-order chi connectivity index (χ0) is 14.7. The first kappa shape index (κ1) is 13.5. The van der Waals surface area contributed by atoms with Crippen molar-refractivity contribution in [2.45, 2.75) is 6.92 Å². The second-order valence-corrected chi connectivity index (χ2v) is 3.67. The summed E-state index contributed by atoms with van der Waals surface area (Å²) in [5.41, 5.74) is -0.556. The summed E-state index contributed by atoms with van der Waals surface area (Å²) in [5, 5.41) is 19.9. The number of carboxylic acids is 1. The highest BCUT2D eigenvalue weighted by Crippen LogP contribution is 2.33. The van der Waals surface area contributed by atoms with Crippen LogP contribution in [0.25, 0.3) is 11.5 Å². The summed E-state index contributed by atoms with van der Waals surface area (Å²) in [7, 11) is 0. The first-order chi connectivity index (χ1) is 9.54. The normalized spacial score (nSPS) is 10.2. The molecule has 8 heteroatoms. The number of aromatic nitrogens is 1. The average molecular weight is 278 g/mol. The van der Waals surface area contributed by atoms with Gasteiger partial charge in [-0.15, -0.1) is 0 Å². The second kappa shape index (κ2) is 5.39. The van der Waals surface area contributed by atoms with Crippen molar-refractivity contribution in [3.05, 3.63) is 40.1 Å². The molecule has 0 amide bonds. The van der Waals surface area contributed by atoms with Crippen molar-refractivity contribution in [1.82, 2.24) is 4.98 Å². The number of para-hydroxylation sites is 1. The van der Waals surface area contributed by atoms with Gasteiger partial charge in [-0.05, 0) is 13.0 Å². The van der Waals surface area contributed by atoms with Gasteiger partial charge in [-0.2, -0.15) is 4.98 Å². The summed E-state index contributed by atoms with van der Waals surface area (Å²) < 4.78 is 10.2. The fourth-order valence-electron chi connectivity index (χ4n) is 1.60. The molecule has 0 aliphatic rings. The van der Waals surface area contributed by atoms with Gasteiger partial charge in [0, 0.05) is 6.07 Å². The van der Waals surface area contributed by atoms with Crippen LogP contribution in [0.4, 0.5) is 5.69 Å². The Balaban J connectivity index is 2.56. The Labute approximate surface area is 112 Å². The Morgan fingerprint density at radius 3 is 2.80 bits per heavy atom. The predicted molar refractivity (Wildman–Crippen MR) is 66.7 cm³/mol. The summed E-state index contributed by atoms with van der Waals surface area (Å²) in [6.07, 6.45) is 0. The lowest BCUT2D eigenvalue weighted by molar-refractivity contribution is -0.384. The summed E-state index contributed by atoms with van der Waals surface area (Å²) in [6, 6.07) is 5.76. The maximum absolute atomic E-state index is 11.0. The van der Waals surface area contributed by atoms with Gasteiger partial charge >= 0.3 is 11.9 Å². The monoisotopic (exact) mass is 278 g/mol. The molecule has 0 spiro atoms. The standard InChI is InChI=1S/C12H10N2O6/c1-2-19-12-9(11(15)16)13-10(20-12)7-5-3-4-6-8(7)14(17)18/h3-6H,2H2,1H3,(H,15,16). The molecule has 0 aliphatic heterocycles. The van der Waals surface area contributed by atoms with Crippen LogP contribution >= 0.6 is 0 Å². The Morgan fingerprint density at radius 2 is 2.20 bits per heavy atom. The predicted octanol–water partition coefficient (Wildman–Crippen LogP) is 2.35. The fraction of sp³-hybridized carbons (Fsp3) is 0.167. The fourth-order valence-corrected chi connectivity index (χ4v) is 1.60. The van der Waals surface area contributed by atoms with Gasteiger partial charge in [-0.3, -0.25) is 10.1 Å². The van der Waals surface area contributed by atoms with E-state index in [9.17, 15) is 14.9 Å². The highest BCUT2D eigenvalue weighted by molar-refractivity contribution is 5.88. The lowest BCUT2D eigenvalue weighted by Crippen LogP contribution is -2.01. The van der Waals surface area contributed by atoms with Crippen LogP contribution in [0.1, 0.15) is 17.4 Å². The number of carbonyl (C=O) groups is 1. The Bertz CT molecular complexity index is 664. The quantitative estimate of drug-likeness (QED) is 0.659. The number of nitro benzene ring substituents is 1. The van der Waals surface area contributed by atoms with E-state index in [4.69, 9.17) is 14.3 Å². The molecule has 0 aliphatic carbocycles. The van der Waals surface area contributed by atoms with Crippen molar-refractivity contribution in [2.24, 2.45) is 0 Å². The third kappa shape index (κ3) is 2.44. The van der Waals surface area contributed by atoms with Gasteiger partial charge in [0.2, 0.25) is 11.6 Å². The van der Waals surface area contributed by atoms with Gasteiger partial charge in [0.15, 0.2) is 0 Å². The lowest BCUT2D eigenvalue weighted by atomic mass is 10.2. The van der Waals surface area contributed by atoms with E-state index < -0.39 is 16.6 Å². The third-order valence-corrected chi connectivity index (χ3v) is 2.41. The molecule has 0 saturated heterocycles. The van der Waals surface area contributed by atoms with Gasteiger partial charge in [-0.25, -0.2) is 4.79 Å². The van der Waals surface area contributed by atoms with E-state index in [0.29, 0.717) is 0 Å². The van der Waals surface area contributed by atoms with E-state index in [1.165, 1.54) is 18.2 Å². The number of aromatic carboxylic acids is 1. The maximum Gasteiger partial charge on any atom is 0.362 e. The Hall–Kier alpha value is -2.90. The SMILES string of the molecule is CCOc1oc(-c2ccccc2[N+](=O)[O-])nc1C(=O)O. The topological polar surface area (TPSA) is 116 Å². The van der Waals surface area contributed by atoms with E-state index >= 15 is 0 Å². The highest BCUT2D eigenvalue weighted by atomic mass is 16.6. The molecule has 0 atom stereocenters. The molecule has 104 valence electrons. The Morgan fingerprint density at radius 1 is 1.50 bits per heavy atom. The van der Waals surface area contributed by atoms with Crippen LogP contribution in [0.5, 0.6) is 5.95 Å². The van der Waals surface area contributed by atoms with Gasteiger partial charge in [0.05, 0.1) is 11.5 Å². The molecule has 0 unspecified atom stereocenters. The minimum atomic E-state index is -1.33. The van der Waals surface area contributed by atoms with Crippen molar-refractivity contribution >= 4 is 11.7 Å². The van der Waals surface area contributed by atoms with Crippen LogP contribution in [0.15, 0.2) is 28.7 Å². The summed E-state index contributed by atoms with van der Waals surface area (Å²) >= 11 is 0. The number of ether oxygens (including phenoxy) is 1. The number of benzene rings is 1. The number of nitrogens with zero attached hydrogens (tertiary/aromatic N) is 2. The molecule has 0 fully saturated rings. The van der Waals surface area contributed by atoms with Crippen molar-refractivity contribution in [3.63, 3.8) is 0 Å². The number of hydrogen-bond acceptors (Lipinski definition) is 6. The van der Waals surface area contributed by atoms with Crippen molar-refractivity contribution in [3.8, 4) is 17.4 Å². The lowest BCUT2D eigenvalue weighted by Gasteiger charge is -1.98. The first-order valence-corrected chi connectivity index (χ1v) is 5.65. The molecule has 2 aromatic rings. The second-order valence-electron chi connectivity index (χ2n) is 3.67. The van der Waals surface area contributed by atoms with E-state index in [1.54, 1.807) is 13.0 Å². The first-order valence-electron chi connectivity index (χ1n) is 5.65. The molecule has 1 aromatic heterocycles. The number of oxazole rings is 1. The van der Waals surface area contributed by atoms with E-state index in [0.717, 1.165) is 0 Å². The zero-order valence-corrected chi connectivity index (χ0v) is 10.4. The molecule has 0 bridgehead atoms. The number of rotatable bonds is 5. The van der Waals surface area contributed by atoms with Crippen molar-refractivity contribution in [2.75, 3.05) is 6.61 Å². The van der Waals surface area contributed by atoms with Gasteiger partial charge in [0.25, 0.3) is 5.69 Å². The minimum absolute atomic E-state index is 0.0888. The smallest absolute Gasteiger partial charge is 0.362 e. The highest BCUT2D eigenvalue weighted by Gasteiger charge is 2.25. The van der Waals surface area contributed by atoms with Gasteiger partial charge in [-0.1, -0.05) is 12.1 Å². The van der Waals surface area contributed by atoms with Crippen LogP contribution < -0.4 is 4.74 Å². The summed E-state index contributed by atoms with van der Waals surface area (Å²) in [5.74, 6) is -1.77. The Kier molecular flexibility index (Phi) is 3.65. The van der Waals surface area contributed by atoms with Crippen LogP contribution in [-0.4, -0.2) is 27.6 Å². The molecular weight excluding hydrogens is 268 g/mol. The largest absolute Gasteiger partial charge is 0.476 e. The van der Waals surface area contributed by atoms with Crippen LogP contribution in [0, 0.1) is 10.1 Å². The van der Waals surface area contributed by atoms with Crippen molar-refractivity contribution < 1.29 is 24.0 Å². The molecular formula is C12H10N2O6. The van der Waals surface area contributed by atoms with Gasteiger partial charge in [0.1, 0.15) is 5.56 Å². The number of carboxylic acid groups (broad SMARTS) is 1. The molecule has 20 heavy (non-hydrogen) atoms. The maximum atomic E-state index is 11.0. The van der Waals surface area contributed by atoms with Crippen LogP contribution in [0.3, 0.4) is 0 Å². The molecule has 1 N–H and O–H groups in total. The van der Waals surface area contributed by atoms with E-state index in [2.05, 4.69) is 4.98 Å². The zero-order valence-electron chi connectivity index (χ0n) is 10.4. The summed E-state index contributed by atoms with van der Waals surface area (Å²) in [4.78, 5) is 25.1. The number of hydrogen-bond donors (Lipinski definition) is 1. The molecule has 1 heterocycles. The minimum Gasteiger partial charge on any atom is -0.476 e. The molecule has 0 saturated carbocycles. The molecule has 8 nitrogen and oxygen atoms in total. The average Bonchev–Trinajstić information content (AvgIpc) is 2.83. The van der Waals surface area contributed by atoms with E-state index in [-0.39, 0.29) is 29.7 Å². The summed E-state index contributed by atoms with van der Waals surface area (Å²) in [6.45, 7) is 1.84. The van der Waals surface area contributed by atoms with Gasteiger partial charge < -0.3 is 14.3 Å². The molecule has 0 radical (unpaired) electrons. The van der Waals surface area contributed by atoms with E-state index in [1.807, 2.05) is 0 Å². The molecule has 1 aromatic carbocycles. The van der Waals surface area contributed by atoms with Crippen LogP contribution in [-0.2, 0) is 0 Å². The van der Waals surface area contributed by atoms with Crippen molar-refractivity contribution in [1.29, 1.82) is 0 Å².